The van der Waals surface area contributed by atoms with Gasteiger partial charge in [0, 0.05) is 23.3 Å². The summed E-state index contributed by atoms with van der Waals surface area (Å²) in [5.74, 6) is -0.925. The fourth-order valence-electron chi connectivity index (χ4n) is 1.60. The molecule has 0 aliphatic heterocycles. The van der Waals surface area contributed by atoms with Crippen LogP contribution in [-0.4, -0.2) is 29.3 Å². The van der Waals surface area contributed by atoms with E-state index in [4.69, 9.17) is 10.2 Å². The number of aromatic carboxylic acids is 1. The Bertz CT molecular complexity index is 396. The maximum Gasteiger partial charge on any atom is 0.335 e. The van der Waals surface area contributed by atoms with Gasteiger partial charge in [-0.2, -0.15) is 0 Å². The average molecular weight is 316 g/mol. The summed E-state index contributed by atoms with van der Waals surface area (Å²) < 4.78 is 0.762. The second-order valence-electron chi connectivity index (χ2n) is 4.06. The molecule has 1 rings (SSSR count). The van der Waals surface area contributed by atoms with Crippen molar-refractivity contribution in [3.8, 4) is 0 Å². The highest BCUT2D eigenvalue weighted by molar-refractivity contribution is 9.10. The Balaban J connectivity index is 2.36. The molecule has 0 bridgehead atoms. The SMILES string of the molecule is O=C(O)c1ccc(NCCCCCCO)c(Br)c1. The molecule has 3 N–H and O–H groups in total. The number of hydrogen-bond donors (Lipinski definition) is 3. The molecule has 0 aromatic heterocycles. The zero-order valence-electron chi connectivity index (χ0n) is 10.2. The normalized spacial score (nSPS) is 10.3. The number of carboxylic acid groups (broad SMARTS) is 1. The number of hydrogen-bond acceptors (Lipinski definition) is 3. The van der Waals surface area contributed by atoms with E-state index in [1.165, 1.54) is 0 Å². The lowest BCUT2D eigenvalue weighted by atomic mass is 10.2. The molecular formula is C13H18BrNO3. The highest BCUT2D eigenvalue weighted by Gasteiger charge is 2.05. The summed E-state index contributed by atoms with van der Waals surface area (Å²) in [4.78, 5) is 10.8. The first kappa shape index (κ1) is 15.0. The van der Waals surface area contributed by atoms with Crippen LogP contribution in [0.1, 0.15) is 36.0 Å². The van der Waals surface area contributed by atoms with Gasteiger partial charge in [-0.1, -0.05) is 12.8 Å². The lowest BCUT2D eigenvalue weighted by molar-refractivity contribution is 0.0697. The summed E-state index contributed by atoms with van der Waals surface area (Å²) in [6, 6.07) is 4.94. The van der Waals surface area contributed by atoms with Gasteiger partial charge in [0.05, 0.1) is 5.56 Å². The molecule has 0 heterocycles. The van der Waals surface area contributed by atoms with Crippen LogP contribution in [0.2, 0.25) is 0 Å². The first-order valence-corrected chi connectivity index (χ1v) is 6.82. The van der Waals surface area contributed by atoms with Crippen LogP contribution < -0.4 is 5.32 Å². The topological polar surface area (TPSA) is 69.6 Å². The number of aliphatic hydroxyl groups excluding tert-OH is 1. The molecule has 100 valence electrons. The van der Waals surface area contributed by atoms with Crippen LogP contribution in [0.5, 0.6) is 0 Å². The fraction of sp³-hybridized carbons (Fsp3) is 0.462. The van der Waals surface area contributed by atoms with Gasteiger partial charge in [0.15, 0.2) is 0 Å². The van der Waals surface area contributed by atoms with Gasteiger partial charge in [0.2, 0.25) is 0 Å². The number of benzene rings is 1. The lowest BCUT2D eigenvalue weighted by Gasteiger charge is -2.09. The largest absolute Gasteiger partial charge is 0.478 e. The fourth-order valence-corrected chi connectivity index (χ4v) is 2.12. The zero-order chi connectivity index (χ0) is 13.4. The maximum atomic E-state index is 10.8. The van der Waals surface area contributed by atoms with Gasteiger partial charge in [-0.05, 0) is 47.0 Å². The molecule has 0 unspecified atom stereocenters. The van der Waals surface area contributed by atoms with E-state index >= 15 is 0 Å². The second kappa shape index (κ2) is 8.11. The highest BCUT2D eigenvalue weighted by atomic mass is 79.9. The summed E-state index contributed by atoms with van der Waals surface area (Å²) >= 11 is 3.35. The Morgan fingerprint density at radius 1 is 1.22 bits per heavy atom. The van der Waals surface area contributed by atoms with Crippen molar-refractivity contribution in [3.05, 3.63) is 28.2 Å². The summed E-state index contributed by atoms with van der Waals surface area (Å²) in [5.41, 5.74) is 1.18. The smallest absolute Gasteiger partial charge is 0.335 e. The number of unbranched alkanes of at least 4 members (excludes halogenated alkanes) is 3. The quantitative estimate of drug-likeness (QED) is 0.645. The molecule has 0 spiro atoms. The third kappa shape index (κ3) is 5.06. The molecule has 0 fully saturated rings. The summed E-state index contributed by atoms with van der Waals surface area (Å²) in [7, 11) is 0. The van der Waals surface area contributed by atoms with Crippen LogP contribution in [0.15, 0.2) is 22.7 Å². The van der Waals surface area contributed by atoms with Gasteiger partial charge < -0.3 is 15.5 Å². The van der Waals surface area contributed by atoms with Gasteiger partial charge in [0.1, 0.15) is 0 Å². The second-order valence-corrected chi connectivity index (χ2v) is 4.92. The molecule has 1 aromatic carbocycles. The van der Waals surface area contributed by atoms with Gasteiger partial charge in [-0.3, -0.25) is 0 Å². The van der Waals surface area contributed by atoms with Crippen molar-refractivity contribution in [2.45, 2.75) is 25.7 Å². The molecule has 0 amide bonds. The van der Waals surface area contributed by atoms with Gasteiger partial charge >= 0.3 is 5.97 Å². The van der Waals surface area contributed by atoms with E-state index in [1.807, 2.05) is 0 Å². The number of anilines is 1. The standard InChI is InChI=1S/C13H18BrNO3/c14-11-9-10(13(17)18)5-6-12(11)15-7-3-1-2-4-8-16/h5-6,9,15-16H,1-4,7-8H2,(H,17,18). The van der Waals surface area contributed by atoms with Crippen molar-refractivity contribution in [2.24, 2.45) is 0 Å². The first-order chi connectivity index (χ1) is 8.65. The monoisotopic (exact) mass is 315 g/mol. The van der Waals surface area contributed by atoms with Crippen LogP contribution >= 0.6 is 15.9 Å². The molecule has 4 nitrogen and oxygen atoms in total. The molecule has 0 saturated carbocycles. The average Bonchev–Trinajstić information content (AvgIpc) is 2.35. The Labute approximate surface area is 115 Å². The van der Waals surface area contributed by atoms with Gasteiger partial charge in [0.25, 0.3) is 0 Å². The van der Waals surface area contributed by atoms with Crippen molar-refractivity contribution in [1.29, 1.82) is 0 Å². The number of nitrogens with one attached hydrogen (secondary N) is 1. The summed E-state index contributed by atoms with van der Waals surface area (Å²) in [5, 5.41) is 20.7. The maximum absolute atomic E-state index is 10.8. The van der Waals surface area contributed by atoms with Crippen molar-refractivity contribution in [2.75, 3.05) is 18.5 Å². The molecule has 0 radical (unpaired) electrons. The van der Waals surface area contributed by atoms with Crippen molar-refractivity contribution >= 4 is 27.6 Å². The predicted octanol–water partition coefficient (Wildman–Crippen LogP) is 3.11. The van der Waals surface area contributed by atoms with Gasteiger partial charge in [-0.25, -0.2) is 4.79 Å². The van der Waals surface area contributed by atoms with Crippen LogP contribution in [0.4, 0.5) is 5.69 Å². The Morgan fingerprint density at radius 2 is 1.94 bits per heavy atom. The van der Waals surface area contributed by atoms with E-state index in [0.717, 1.165) is 42.4 Å². The Morgan fingerprint density at radius 3 is 2.56 bits per heavy atom. The predicted molar refractivity (Wildman–Crippen MR) is 75.1 cm³/mol. The lowest BCUT2D eigenvalue weighted by Crippen LogP contribution is -2.03. The van der Waals surface area contributed by atoms with Crippen LogP contribution in [0, 0.1) is 0 Å². The first-order valence-electron chi connectivity index (χ1n) is 6.02. The van der Waals surface area contributed by atoms with E-state index in [2.05, 4.69) is 21.2 Å². The number of carbonyl (C=O) groups is 1. The Hall–Kier alpha value is -1.07. The van der Waals surface area contributed by atoms with Crippen LogP contribution in [0.25, 0.3) is 0 Å². The third-order valence-corrected chi connectivity index (χ3v) is 3.27. The number of aliphatic hydroxyl groups is 1. The van der Waals surface area contributed by atoms with Crippen LogP contribution in [-0.2, 0) is 0 Å². The third-order valence-electron chi connectivity index (χ3n) is 2.62. The van der Waals surface area contributed by atoms with Gasteiger partial charge in [-0.15, -0.1) is 0 Å². The summed E-state index contributed by atoms with van der Waals surface area (Å²) in [6.45, 7) is 1.10. The molecule has 5 heteroatoms. The minimum absolute atomic E-state index is 0.260. The number of carboxylic acids is 1. The van der Waals surface area contributed by atoms with Crippen molar-refractivity contribution in [3.63, 3.8) is 0 Å². The van der Waals surface area contributed by atoms with E-state index in [-0.39, 0.29) is 12.2 Å². The van der Waals surface area contributed by atoms with E-state index in [0.29, 0.717) is 0 Å². The van der Waals surface area contributed by atoms with E-state index in [1.54, 1.807) is 18.2 Å². The van der Waals surface area contributed by atoms with Crippen molar-refractivity contribution in [1.82, 2.24) is 0 Å². The molecule has 0 saturated heterocycles. The minimum Gasteiger partial charge on any atom is -0.478 e. The van der Waals surface area contributed by atoms with E-state index < -0.39 is 5.97 Å². The highest BCUT2D eigenvalue weighted by Crippen LogP contribution is 2.23. The van der Waals surface area contributed by atoms with Crippen LogP contribution in [0.3, 0.4) is 0 Å². The molecular weight excluding hydrogens is 298 g/mol. The zero-order valence-corrected chi connectivity index (χ0v) is 11.7. The molecule has 18 heavy (non-hydrogen) atoms. The van der Waals surface area contributed by atoms with E-state index in [9.17, 15) is 4.79 Å². The summed E-state index contributed by atoms with van der Waals surface area (Å²) in [6.07, 6.45) is 4.01. The number of halogens is 1. The molecule has 0 aliphatic carbocycles. The molecule has 1 aromatic rings. The number of rotatable bonds is 8. The minimum atomic E-state index is -0.925. The molecule has 0 atom stereocenters. The van der Waals surface area contributed by atoms with Crippen molar-refractivity contribution < 1.29 is 15.0 Å². The molecule has 0 aliphatic rings. The Kier molecular flexibility index (Phi) is 6.75.